The summed E-state index contributed by atoms with van der Waals surface area (Å²) in [6.45, 7) is 4.31. The highest BCUT2D eigenvalue weighted by atomic mass is 19.1. The molecule has 0 aliphatic heterocycles. The van der Waals surface area contributed by atoms with Crippen LogP contribution in [0.1, 0.15) is 28.9 Å². The number of amides is 1. The number of benzene rings is 2. The average Bonchev–Trinajstić information content (AvgIpc) is 2.96. The van der Waals surface area contributed by atoms with E-state index in [1.54, 1.807) is 19.2 Å². The number of hydrogen-bond donors (Lipinski definition) is 1. The van der Waals surface area contributed by atoms with Crippen LogP contribution >= 0.6 is 0 Å². The van der Waals surface area contributed by atoms with Gasteiger partial charge in [0, 0.05) is 6.42 Å². The number of carbonyl (C=O) groups excluding carboxylic acids is 1. The van der Waals surface area contributed by atoms with Crippen molar-refractivity contribution in [3.63, 3.8) is 0 Å². The molecular formula is C22H24FN3O2. The van der Waals surface area contributed by atoms with E-state index in [2.05, 4.69) is 10.4 Å². The zero-order chi connectivity index (χ0) is 20.1. The number of aryl methyl sites for hydroxylation is 2. The Kier molecular flexibility index (Phi) is 6.09. The number of hydrogen-bond acceptors (Lipinski definition) is 3. The molecule has 0 fully saturated rings. The van der Waals surface area contributed by atoms with Crippen LogP contribution in [-0.4, -0.2) is 22.8 Å². The highest BCUT2D eigenvalue weighted by Crippen LogP contribution is 2.21. The first kappa shape index (κ1) is 19.6. The number of nitrogens with one attached hydrogen (secondary N) is 1. The van der Waals surface area contributed by atoms with Crippen molar-refractivity contribution in [1.29, 1.82) is 0 Å². The zero-order valence-electron chi connectivity index (χ0n) is 16.3. The Labute approximate surface area is 164 Å². The van der Waals surface area contributed by atoms with Crippen LogP contribution in [0.25, 0.3) is 0 Å². The summed E-state index contributed by atoms with van der Waals surface area (Å²) in [5.74, 6) is 0.485. The summed E-state index contributed by atoms with van der Waals surface area (Å²) in [6, 6.07) is 14.0. The Morgan fingerprint density at radius 1 is 1.07 bits per heavy atom. The molecule has 0 bridgehead atoms. The predicted octanol–water partition coefficient (Wildman–Crippen LogP) is 4.27. The number of methoxy groups -OCH3 is 1. The van der Waals surface area contributed by atoms with Crippen LogP contribution in [0.4, 0.5) is 10.1 Å². The third-order valence-electron chi connectivity index (χ3n) is 4.69. The van der Waals surface area contributed by atoms with E-state index >= 15 is 0 Å². The standard InChI is InChI=1S/C22H24FN3O2/c1-15-22(16(2)26(25-15)14-18-4-9-19(23)10-5-18)24-21(27)13-8-17-6-11-20(28-3)12-7-17/h4-7,9-12H,8,13-14H2,1-3H3,(H,24,27). The van der Waals surface area contributed by atoms with Crippen LogP contribution in [0.5, 0.6) is 5.75 Å². The molecule has 5 nitrogen and oxygen atoms in total. The fourth-order valence-electron chi connectivity index (χ4n) is 3.05. The van der Waals surface area contributed by atoms with E-state index in [1.807, 2.05) is 42.8 Å². The van der Waals surface area contributed by atoms with Gasteiger partial charge in [0.1, 0.15) is 11.6 Å². The predicted molar refractivity (Wildman–Crippen MR) is 107 cm³/mol. The molecule has 3 aromatic rings. The molecule has 0 atom stereocenters. The van der Waals surface area contributed by atoms with Crippen molar-refractivity contribution in [2.45, 2.75) is 33.2 Å². The van der Waals surface area contributed by atoms with E-state index in [1.165, 1.54) is 12.1 Å². The molecule has 0 spiro atoms. The van der Waals surface area contributed by atoms with Gasteiger partial charge in [0.15, 0.2) is 0 Å². The monoisotopic (exact) mass is 381 g/mol. The molecule has 0 saturated carbocycles. The number of halogens is 1. The number of aromatic nitrogens is 2. The normalized spacial score (nSPS) is 10.7. The van der Waals surface area contributed by atoms with Crippen molar-refractivity contribution in [2.75, 3.05) is 12.4 Å². The lowest BCUT2D eigenvalue weighted by atomic mass is 10.1. The maximum atomic E-state index is 13.1. The van der Waals surface area contributed by atoms with Gasteiger partial charge in [-0.1, -0.05) is 24.3 Å². The van der Waals surface area contributed by atoms with Crippen LogP contribution in [0.3, 0.4) is 0 Å². The molecule has 146 valence electrons. The molecule has 0 aliphatic carbocycles. The van der Waals surface area contributed by atoms with E-state index in [4.69, 9.17) is 4.74 Å². The SMILES string of the molecule is COc1ccc(CCC(=O)Nc2c(C)nn(Cc3ccc(F)cc3)c2C)cc1. The first-order valence-corrected chi connectivity index (χ1v) is 9.17. The van der Waals surface area contributed by atoms with Gasteiger partial charge in [-0.05, 0) is 55.7 Å². The van der Waals surface area contributed by atoms with Crippen LogP contribution in [-0.2, 0) is 17.8 Å². The van der Waals surface area contributed by atoms with Crippen molar-refractivity contribution in [3.05, 3.63) is 76.9 Å². The number of rotatable bonds is 7. The maximum Gasteiger partial charge on any atom is 0.224 e. The largest absolute Gasteiger partial charge is 0.497 e. The van der Waals surface area contributed by atoms with E-state index in [-0.39, 0.29) is 11.7 Å². The summed E-state index contributed by atoms with van der Waals surface area (Å²) < 4.78 is 20.0. The molecule has 0 radical (unpaired) electrons. The van der Waals surface area contributed by atoms with Crippen molar-refractivity contribution in [3.8, 4) is 5.75 Å². The fourth-order valence-corrected chi connectivity index (χ4v) is 3.05. The number of nitrogens with zero attached hydrogens (tertiary/aromatic N) is 2. The molecule has 0 saturated heterocycles. The minimum absolute atomic E-state index is 0.0525. The second kappa shape index (κ2) is 8.69. The first-order valence-electron chi connectivity index (χ1n) is 9.17. The van der Waals surface area contributed by atoms with Crippen LogP contribution in [0.2, 0.25) is 0 Å². The molecule has 0 aliphatic rings. The summed E-state index contributed by atoms with van der Waals surface area (Å²) >= 11 is 0. The van der Waals surface area contributed by atoms with Crippen molar-refractivity contribution in [2.24, 2.45) is 0 Å². The highest BCUT2D eigenvalue weighted by Gasteiger charge is 2.14. The topological polar surface area (TPSA) is 56.1 Å². The minimum atomic E-state index is -0.262. The molecular weight excluding hydrogens is 357 g/mol. The second-order valence-electron chi connectivity index (χ2n) is 6.73. The molecule has 1 N–H and O–H groups in total. The highest BCUT2D eigenvalue weighted by molar-refractivity contribution is 5.92. The third-order valence-corrected chi connectivity index (χ3v) is 4.69. The van der Waals surface area contributed by atoms with Gasteiger partial charge in [-0.2, -0.15) is 5.10 Å². The van der Waals surface area contributed by atoms with Crippen LogP contribution in [0, 0.1) is 19.7 Å². The smallest absolute Gasteiger partial charge is 0.224 e. The zero-order valence-corrected chi connectivity index (χ0v) is 16.3. The lowest BCUT2D eigenvalue weighted by Gasteiger charge is -2.08. The molecule has 1 amide bonds. The molecule has 3 rings (SSSR count). The average molecular weight is 381 g/mol. The van der Waals surface area contributed by atoms with Crippen LogP contribution < -0.4 is 10.1 Å². The van der Waals surface area contributed by atoms with Gasteiger partial charge in [-0.3, -0.25) is 9.48 Å². The number of carbonyl (C=O) groups is 1. The van der Waals surface area contributed by atoms with E-state index in [0.717, 1.165) is 34.0 Å². The van der Waals surface area contributed by atoms with E-state index < -0.39 is 0 Å². The molecule has 1 heterocycles. The summed E-state index contributed by atoms with van der Waals surface area (Å²) in [7, 11) is 1.63. The quantitative estimate of drug-likeness (QED) is 0.665. The van der Waals surface area contributed by atoms with Gasteiger partial charge < -0.3 is 10.1 Å². The third kappa shape index (κ3) is 4.76. The second-order valence-corrected chi connectivity index (χ2v) is 6.73. The number of anilines is 1. The Bertz CT molecular complexity index is 947. The molecule has 0 unspecified atom stereocenters. The minimum Gasteiger partial charge on any atom is -0.497 e. The van der Waals surface area contributed by atoms with Crippen molar-refractivity contribution < 1.29 is 13.9 Å². The summed E-state index contributed by atoms with van der Waals surface area (Å²) in [5, 5.41) is 7.49. The van der Waals surface area contributed by atoms with E-state index in [9.17, 15) is 9.18 Å². The van der Waals surface area contributed by atoms with Gasteiger partial charge in [-0.15, -0.1) is 0 Å². The van der Waals surface area contributed by atoms with Gasteiger partial charge in [0.05, 0.1) is 30.7 Å². The molecule has 28 heavy (non-hydrogen) atoms. The lowest BCUT2D eigenvalue weighted by molar-refractivity contribution is -0.116. The summed E-state index contributed by atoms with van der Waals surface area (Å²) in [4.78, 5) is 12.4. The molecule has 1 aromatic heterocycles. The van der Waals surface area contributed by atoms with Gasteiger partial charge in [-0.25, -0.2) is 4.39 Å². The van der Waals surface area contributed by atoms with Gasteiger partial charge >= 0.3 is 0 Å². The Hall–Kier alpha value is -3.15. The molecule has 2 aromatic carbocycles. The van der Waals surface area contributed by atoms with Crippen molar-refractivity contribution in [1.82, 2.24) is 9.78 Å². The number of ether oxygens (including phenoxy) is 1. The Morgan fingerprint density at radius 3 is 2.36 bits per heavy atom. The van der Waals surface area contributed by atoms with Crippen LogP contribution in [0.15, 0.2) is 48.5 Å². The molecule has 6 heteroatoms. The Balaban J connectivity index is 1.62. The van der Waals surface area contributed by atoms with E-state index in [0.29, 0.717) is 19.4 Å². The summed E-state index contributed by atoms with van der Waals surface area (Å²) in [5.41, 5.74) is 4.40. The van der Waals surface area contributed by atoms with Gasteiger partial charge in [0.25, 0.3) is 0 Å². The Morgan fingerprint density at radius 2 is 1.71 bits per heavy atom. The first-order chi connectivity index (χ1) is 13.5. The fraction of sp³-hybridized carbons (Fsp3) is 0.273. The lowest BCUT2D eigenvalue weighted by Crippen LogP contribution is -2.14. The maximum absolute atomic E-state index is 13.1. The van der Waals surface area contributed by atoms with Crippen molar-refractivity contribution >= 4 is 11.6 Å². The summed E-state index contributed by atoms with van der Waals surface area (Å²) in [6.07, 6.45) is 1.03. The van der Waals surface area contributed by atoms with Gasteiger partial charge in [0.2, 0.25) is 5.91 Å².